The Kier molecular flexibility index (Phi) is 4.13. The fourth-order valence-electron chi connectivity index (χ4n) is 1.41. The Hall–Kier alpha value is -0.835. The zero-order valence-electron chi connectivity index (χ0n) is 8.22. The maximum absolute atomic E-state index is 9.06. The molecule has 0 fully saturated rings. The van der Waals surface area contributed by atoms with Crippen molar-refractivity contribution < 1.29 is 15.2 Å². The maximum atomic E-state index is 9.06. The molecule has 0 aliphatic rings. The van der Waals surface area contributed by atoms with E-state index in [0.29, 0.717) is 5.46 Å². The largest absolute Gasteiger partial charge is 0.488 e. The van der Waals surface area contributed by atoms with Crippen molar-refractivity contribution in [2.45, 2.75) is 19.3 Å². The summed E-state index contributed by atoms with van der Waals surface area (Å²) in [6, 6.07) is 6.97. The van der Waals surface area contributed by atoms with Gasteiger partial charge >= 0.3 is 7.12 Å². The second-order valence-electron chi connectivity index (χ2n) is 3.33. The van der Waals surface area contributed by atoms with Crippen molar-refractivity contribution in [3.8, 4) is 0 Å². The first-order valence-electron chi connectivity index (χ1n) is 4.75. The molecule has 3 nitrogen and oxygen atoms in total. The van der Waals surface area contributed by atoms with Crippen LogP contribution >= 0.6 is 0 Å². The lowest BCUT2D eigenvalue weighted by molar-refractivity contribution is 0.262. The summed E-state index contributed by atoms with van der Waals surface area (Å²) in [5.41, 5.74) is 1.50. The highest BCUT2D eigenvalue weighted by Crippen LogP contribution is 2.17. The van der Waals surface area contributed by atoms with E-state index < -0.39 is 7.12 Å². The van der Waals surface area contributed by atoms with Gasteiger partial charge in [-0.3, -0.25) is 0 Å². The third-order valence-electron chi connectivity index (χ3n) is 2.42. The van der Waals surface area contributed by atoms with E-state index in [2.05, 4.69) is 0 Å². The van der Waals surface area contributed by atoms with E-state index in [9.17, 15) is 0 Å². The Morgan fingerprint density at radius 1 is 1.21 bits per heavy atom. The minimum atomic E-state index is -1.42. The van der Waals surface area contributed by atoms with Gasteiger partial charge in [0, 0.05) is 12.5 Å². The molecule has 4 heteroatoms. The van der Waals surface area contributed by atoms with Crippen LogP contribution in [0.4, 0.5) is 0 Å². The van der Waals surface area contributed by atoms with Gasteiger partial charge in [-0.15, -0.1) is 0 Å². The van der Waals surface area contributed by atoms with Crippen molar-refractivity contribution in [1.29, 1.82) is 0 Å². The summed E-state index contributed by atoms with van der Waals surface area (Å²) in [5.74, 6) is 0.139. The smallest absolute Gasteiger partial charge is 0.423 e. The Balaban J connectivity index is 2.81. The zero-order valence-corrected chi connectivity index (χ0v) is 8.22. The lowest BCUT2D eigenvalue weighted by atomic mass is 9.79. The second-order valence-corrected chi connectivity index (χ2v) is 3.33. The summed E-state index contributed by atoms with van der Waals surface area (Å²) in [4.78, 5) is 0. The monoisotopic (exact) mass is 194 g/mol. The van der Waals surface area contributed by atoms with Crippen molar-refractivity contribution >= 4 is 12.6 Å². The van der Waals surface area contributed by atoms with E-state index in [4.69, 9.17) is 15.2 Å². The second kappa shape index (κ2) is 5.15. The molecule has 0 amide bonds. The van der Waals surface area contributed by atoms with Crippen LogP contribution in [-0.4, -0.2) is 28.9 Å². The Labute approximate surface area is 84.2 Å². The van der Waals surface area contributed by atoms with Gasteiger partial charge in [-0.2, -0.15) is 0 Å². The van der Waals surface area contributed by atoms with Crippen LogP contribution in [0.15, 0.2) is 24.3 Å². The lowest BCUT2D eigenvalue weighted by Crippen LogP contribution is -2.29. The van der Waals surface area contributed by atoms with Gasteiger partial charge < -0.3 is 15.2 Å². The summed E-state index contributed by atoms with van der Waals surface area (Å²) in [5, 5.41) is 26.8. The van der Waals surface area contributed by atoms with Crippen molar-refractivity contribution in [2.24, 2.45) is 0 Å². The van der Waals surface area contributed by atoms with E-state index in [1.54, 1.807) is 12.1 Å². The summed E-state index contributed by atoms with van der Waals surface area (Å²) >= 11 is 0. The van der Waals surface area contributed by atoms with Gasteiger partial charge in [0.05, 0.1) is 0 Å². The fraction of sp³-hybridized carbons (Fsp3) is 0.400. The molecule has 1 aromatic carbocycles. The lowest BCUT2D eigenvalue weighted by Gasteiger charge is -2.12. The molecule has 1 unspecified atom stereocenters. The predicted molar refractivity (Wildman–Crippen MR) is 56.4 cm³/mol. The maximum Gasteiger partial charge on any atom is 0.488 e. The van der Waals surface area contributed by atoms with Gasteiger partial charge in [-0.05, 0) is 17.4 Å². The van der Waals surface area contributed by atoms with Gasteiger partial charge in [-0.25, -0.2) is 0 Å². The molecule has 1 atom stereocenters. The third-order valence-corrected chi connectivity index (χ3v) is 2.42. The quantitative estimate of drug-likeness (QED) is 0.584. The fourth-order valence-corrected chi connectivity index (χ4v) is 1.41. The molecule has 1 aromatic rings. The van der Waals surface area contributed by atoms with Crippen LogP contribution in [0.2, 0.25) is 0 Å². The minimum Gasteiger partial charge on any atom is -0.423 e. The topological polar surface area (TPSA) is 60.7 Å². The number of hydrogen-bond acceptors (Lipinski definition) is 3. The van der Waals surface area contributed by atoms with Crippen LogP contribution in [0.5, 0.6) is 0 Å². The van der Waals surface area contributed by atoms with Gasteiger partial charge in [0.1, 0.15) is 0 Å². The van der Waals surface area contributed by atoms with E-state index in [0.717, 1.165) is 12.0 Å². The predicted octanol–water partition coefficient (Wildman–Crippen LogP) is -0.148. The average molecular weight is 194 g/mol. The Morgan fingerprint density at radius 2 is 1.79 bits per heavy atom. The number of rotatable bonds is 4. The molecule has 0 bridgehead atoms. The first kappa shape index (κ1) is 11.2. The summed E-state index contributed by atoms with van der Waals surface area (Å²) in [6.45, 7) is 2.13. The Bertz CT molecular complexity index is 267. The van der Waals surface area contributed by atoms with Crippen LogP contribution in [0.25, 0.3) is 0 Å². The van der Waals surface area contributed by atoms with Crippen LogP contribution < -0.4 is 5.46 Å². The molecule has 0 aliphatic heterocycles. The van der Waals surface area contributed by atoms with Crippen LogP contribution in [0.3, 0.4) is 0 Å². The van der Waals surface area contributed by atoms with Gasteiger partial charge in [0.15, 0.2) is 0 Å². The number of benzene rings is 1. The molecule has 0 aromatic heterocycles. The molecule has 1 rings (SSSR count). The van der Waals surface area contributed by atoms with E-state index >= 15 is 0 Å². The zero-order chi connectivity index (χ0) is 10.6. The highest BCUT2D eigenvalue weighted by molar-refractivity contribution is 6.58. The van der Waals surface area contributed by atoms with Crippen molar-refractivity contribution in [1.82, 2.24) is 0 Å². The van der Waals surface area contributed by atoms with Crippen LogP contribution in [0, 0.1) is 0 Å². The standard InChI is InChI=1S/C10H15BO3/c1-2-8(7-12)9-3-5-10(6-4-9)11(13)14/h3-6,8,12-14H,2,7H2,1H3. The summed E-state index contributed by atoms with van der Waals surface area (Å²) in [7, 11) is -1.42. The van der Waals surface area contributed by atoms with Gasteiger partial charge in [0.25, 0.3) is 0 Å². The normalized spacial score (nSPS) is 12.6. The molecule has 0 radical (unpaired) electrons. The molecule has 0 heterocycles. The molecule has 14 heavy (non-hydrogen) atoms. The number of aliphatic hydroxyl groups excluding tert-OH is 1. The molecule has 0 saturated heterocycles. The van der Waals surface area contributed by atoms with Crippen LogP contribution in [-0.2, 0) is 0 Å². The first-order valence-corrected chi connectivity index (χ1v) is 4.75. The van der Waals surface area contributed by atoms with Gasteiger partial charge in [0.2, 0.25) is 0 Å². The summed E-state index contributed by atoms with van der Waals surface area (Å²) in [6.07, 6.45) is 0.873. The minimum absolute atomic E-state index is 0.123. The molecule has 0 saturated carbocycles. The first-order chi connectivity index (χ1) is 6.69. The van der Waals surface area contributed by atoms with Crippen molar-refractivity contribution in [3.63, 3.8) is 0 Å². The van der Waals surface area contributed by atoms with Crippen molar-refractivity contribution in [3.05, 3.63) is 29.8 Å². The Morgan fingerprint density at radius 3 is 2.14 bits per heavy atom. The number of hydrogen-bond donors (Lipinski definition) is 3. The van der Waals surface area contributed by atoms with E-state index in [1.165, 1.54) is 0 Å². The third kappa shape index (κ3) is 2.58. The highest BCUT2D eigenvalue weighted by atomic mass is 16.4. The molecule has 3 N–H and O–H groups in total. The van der Waals surface area contributed by atoms with Crippen LogP contribution in [0.1, 0.15) is 24.8 Å². The SMILES string of the molecule is CCC(CO)c1ccc(B(O)O)cc1. The molecular weight excluding hydrogens is 179 g/mol. The van der Waals surface area contributed by atoms with Gasteiger partial charge in [-0.1, -0.05) is 31.2 Å². The molecular formula is C10H15BO3. The molecule has 0 aliphatic carbocycles. The van der Waals surface area contributed by atoms with Crippen molar-refractivity contribution in [2.75, 3.05) is 6.61 Å². The average Bonchev–Trinajstić information content (AvgIpc) is 2.20. The summed E-state index contributed by atoms with van der Waals surface area (Å²) < 4.78 is 0. The van der Waals surface area contributed by atoms with E-state index in [-0.39, 0.29) is 12.5 Å². The number of aliphatic hydroxyl groups is 1. The van der Waals surface area contributed by atoms with E-state index in [1.807, 2.05) is 19.1 Å². The molecule has 76 valence electrons. The highest BCUT2D eigenvalue weighted by Gasteiger charge is 2.12. The molecule has 0 spiro atoms.